The Morgan fingerprint density at radius 2 is 1.81 bits per heavy atom. The maximum atomic E-state index is 12.7. The minimum atomic E-state index is -4.35. The first kappa shape index (κ1) is 26.9. The molecule has 1 N–H and O–H groups in total. The maximum absolute atomic E-state index is 12.7. The van der Waals surface area contributed by atoms with E-state index in [2.05, 4.69) is 5.32 Å². The second-order valence-electron chi connectivity index (χ2n) is 6.95. The largest absolute Gasteiger partial charge is 0.493 e. The summed E-state index contributed by atoms with van der Waals surface area (Å²) in [6.45, 7) is 0. The Balaban J connectivity index is 1.89. The van der Waals surface area contributed by atoms with Gasteiger partial charge in [0.2, 0.25) is 0 Å². The fourth-order valence-electron chi connectivity index (χ4n) is 2.84. The highest BCUT2D eigenvalue weighted by Gasteiger charge is 2.23. The van der Waals surface area contributed by atoms with Gasteiger partial charge in [-0.1, -0.05) is 11.6 Å². The summed E-state index contributed by atoms with van der Waals surface area (Å²) in [5.41, 5.74) is 0.331. The number of hydrogen-bond acceptors (Lipinski definition) is 8. The molecule has 0 heterocycles. The van der Waals surface area contributed by atoms with Gasteiger partial charge in [0.05, 0.1) is 15.6 Å². The first-order valence-electron chi connectivity index (χ1n) is 9.79. The number of benzene rings is 3. The van der Waals surface area contributed by atoms with Gasteiger partial charge < -0.3 is 14.2 Å². The van der Waals surface area contributed by atoms with Gasteiger partial charge in [-0.3, -0.25) is 14.9 Å². The number of carbonyl (C=O) groups is 1. The highest BCUT2D eigenvalue weighted by Crippen LogP contribution is 2.36. The summed E-state index contributed by atoms with van der Waals surface area (Å²) < 4.78 is 36.3. The molecule has 0 radical (unpaired) electrons. The number of anilines is 1. The Kier molecular flexibility index (Phi) is 8.51. The fraction of sp³-hybridized carbons (Fsp3) is 0.0435. The van der Waals surface area contributed by atoms with Crippen LogP contribution in [0.4, 0.5) is 11.4 Å². The first-order valence-corrected chi connectivity index (χ1v) is 12.7. The zero-order chi connectivity index (χ0) is 26.5. The average Bonchev–Trinajstić information content (AvgIpc) is 2.85. The number of rotatable bonds is 8. The van der Waals surface area contributed by atoms with Gasteiger partial charge in [-0.15, -0.1) is 0 Å². The van der Waals surface area contributed by atoms with E-state index in [1.165, 1.54) is 25.3 Å². The van der Waals surface area contributed by atoms with Crippen molar-refractivity contribution in [3.63, 3.8) is 0 Å². The highest BCUT2D eigenvalue weighted by molar-refractivity contribution is 14.1. The molecule has 0 spiro atoms. The number of ether oxygens (including phenoxy) is 1. The van der Waals surface area contributed by atoms with Gasteiger partial charge in [0.25, 0.3) is 11.6 Å². The number of nitro groups is 1. The van der Waals surface area contributed by atoms with Gasteiger partial charge in [0.15, 0.2) is 11.5 Å². The summed E-state index contributed by atoms with van der Waals surface area (Å²) in [6.07, 6.45) is 1.31. The van der Waals surface area contributed by atoms with Gasteiger partial charge >= 0.3 is 10.1 Å². The molecule has 13 heteroatoms. The van der Waals surface area contributed by atoms with Crippen LogP contribution in [0.5, 0.6) is 11.5 Å². The number of nitrogens with one attached hydrogen (secondary N) is 1. The number of nitro benzene ring substituents is 1. The molecule has 184 valence electrons. The number of non-ortho nitro benzene ring substituents is 1. The van der Waals surface area contributed by atoms with Crippen molar-refractivity contribution in [3.05, 3.63) is 90.5 Å². The normalized spacial score (nSPS) is 11.3. The number of amides is 1. The van der Waals surface area contributed by atoms with Crippen molar-refractivity contribution in [2.45, 2.75) is 4.90 Å². The molecule has 0 fully saturated rings. The van der Waals surface area contributed by atoms with Gasteiger partial charge in [0, 0.05) is 22.8 Å². The minimum absolute atomic E-state index is 0.0223. The Labute approximate surface area is 224 Å². The molecule has 0 unspecified atom stereocenters. The van der Waals surface area contributed by atoms with E-state index < -0.39 is 20.9 Å². The van der Waals surface area contributed by atoms with Crippen LogP contribution < -0.4 is 14.2 Å². The fourth-order valence-corrected chi connectivity index (χ4v) is 4.81. The van der Waals surface area contributed by atoms with E-state index in [0.717, 1.165) is 24.3 Å². The third-order valence-corrected chi connectivity index (χ3v) is 6.85. The molecule has 10 nitrogen and oxygen atoms in total. The van der Waals surface area contributed by atoms with E-state index in [0.29, 0.717) is 19.8 Å². The van der Waals surface area contributed by atoms with Crippen molar-refractivity contribution in [1.82, 2.24) is 0 Å². The molecule has 1 amide bonds. The highest BCUT2D eigenvalue weighted by atomic mass is 127. The van der Waals surface area contributed by atoms with Crippen molar-refractivity contribution in [1.29, 1.82) is 5.26 Å². The number of carbonyl (C=O) groups excluding carboxylic acids is 1. The van der Waals surface area contributed by atoms with Crippen molar-refractivity contribution >= 4 is 67.7 Å². The van der Waals surface area contributed by atoms with E-state index in [4.69, 9.17) is 20.5 Å². The molecule has 0 saturated carbocycles. The van der Waals surface area contributed by atoms with Crippen LogP contribution in [0, 0.1) is 25.0 Å². The van der Waals surface area contributed by atoms with Gasteiger partial charge in [0.1, 0.15) is 16.5 Å². The van der Waals surface area contributed by atoms with E-state index in [-0.39, 0.29) is 27.7 Å². The lowest BCUT2D eigenvalue weighted by atomic mass is 10.1. The van der Waals surface area contributed by atoms with Crippen LogP contribution in [0.25, 0.3) is 6.08 Å². The molecule has 3 aromatic rings. The Bertz CT molecular complexity index is 1500. The summed E-state index contributed by atoms with van der Waals surface area (Å²) in [5, 5.41) is 23.4. The third kappa shape index (κ3) is 6.51. The van der Waals surface area contributed by atoms with Gasteiger partial charge in [-0.25, -0.2) is 0 Å². The molecule has 0 aliphatic heterocycles. The summed E-state index contributed by atoms with van der Waals surface area (Å²) in [6, 6.07) is 15.3. The first-order chi connectivity index (χ1) is 17.0. The predicted molar refractivity (Wildman–Crippen MR) is 140 cm³/mol. The maximum Gasteiger partial charge on any atom is 0.339 e. The standard InChI is InChI=1S/C23H15ClIN3O7S/c1-34-21-12-14(10-15(13-26)23(29)27-17-4-2-16(24)3-5-17)11-20(25)22(21)35-36(32,33)19-8-6-18(7-9-19)28(30)31/h2-12H,1H3,(H,27,29)/b15-10+. The Morgan fingerprint density at radius 1 is 1.17 bits per heavy atom. The smallest absolute Gasteiger partial charge is 0.339 e. The van der Waals surface area contributed by atoms with Crippen LogP contribution in [0.15, 0.2) is 71.1 Å². The monoisotopic (exact) mass is 639 g/mol. The van der Waals surface area contributed by atoms with Crippen molar-refractivity contribution in [2.24, 2.45) is 0 Å². The number of methoxy groups -OCH3 is 1. The summed E-state index contributed by atoms with van der Waals surface area (Å²) in [4.78, 5) is 22.4. The van der Waals surface area contributed by atoms with Crippen molar-refractivity contribution in [2.75, 3.05) is 12.4 Å². The predicted octanol–water partition coefficient (Wildman–Crippen LogP) is 5.17. The quantitative estimate of drug-likeness (QED) is 0.0886. The van der Waals surface area contributed by atoms with Gasteiger partial charge in [-0.2, -0.15) is 13.7 Å². The Morgan fingerprint density at radius 3 is 2.36 bits per heavy atom. The van der Waals surface area contributed by atoms with E-state index >= 15 is 0 Å². The van der Waals surface area contributed by atoms with E-state index in [1.54, 1.807) is 24.3 Å². The van der Waals surface area contributed by atoms with Crippen LogP contribution in [0.2, 0.25) is 5.02 Å². The zero-order valence-corrected chi connectivity index (χ0v) is 22.0. The molecule has 0 aromatic heterocycles. The topological polar surface area (TPSA) is 149 Å². The molecule has 0 bridgehead atoms. The lowest BCUT2D eigenvalue weighted by molar-refractivity contribution is -0.384. The minimum Gasteiger partial charge on any atom is -0.493 e. The SMILES string of the molecule is COc1cc(/C=C(\C#N)C(=O)Nc2ccc(Cl)cc2)cc(I)c1OS(=O)(=O)c1ccc([N+](=O)[O-])cc1. The molecule has 3 aromatic carbocycles. The molecule has 0 saturated heterocycles. The summed E-state index contributed by atoms with van der Waals surface area (Å²) in [5.74, 6) is -0.762. The number of hydrogen-bond donors (Lipinski definition) is 1. The van der Waals surface area contributed by atoms with Crippen LogP contribution in [0.1, 0.15) is 5.56 Å². The molecule has 3 rings (SSSR count). The summed E-state index contributed by atoms with van der Waals surface area (Å²) in [7, 11) is -3.06. The molecular formula is C23H15ClIN3O7S. The van der Waals surface area contributed by atoms with Crippen molar-refractivity contribution in [3.8, 4) is 17.6 Å². The number of nitrogens with zero attached hydrogens (tertiary/aromatic N) is 2. The lowest BCUT2D eigenvalue weighted by Crippen LogP contribution is -2.13. The van der Waals surface area contributed by atoms with E-state index in [9.17, 15) is 28.6 Å². The Hall–Kier alpha value is -3.67. The number of halogens is 2. The van der Waals surface area contributed by atoms with Crippen molar-refractivity contribution < 1.29 is 27.1 Å². The molecule has 0 atom stereocenters. The lowest BCUT2D eigenvalue weighted by Gasteiger charge is -2.13. The zero-order valence-electron chi connectivity index (χ0n) is 18.3. The second kappa shape index (κ2) is 11.4. The van der Waals surface area contributed by atoms with E-state index in [1.807, 2.05) is 28.7 Å². The second-order valence-corrected chi connectivity index (χ2v) is 10.1. The van der Waals surface area contributed by atoms with Crippen LogP contribution in [0.3, 0.4) is 0 Å². The van der Waals surface area contributed by atoms with Crippen LogP contribution >= 0.6 is 34.2 Å². The molecular weight excluding hydrogens is 625 g/mol. The number of nitriles is 1. The molecule has 36 heavy (non-hydrogen) atoms. The average molecular weight is 640 g/mol. The van der Waals surface area contributed by atoms with Crippen LogP contribution in [-0.2, 0) is 14.9 Å². The summed E-state index contributed by atoms with van der Waals surface area (Å²) >= 11 is 7.65. The van der Waals surface area contributed by atoms with Crippen LogP contribution in [-0.4, -0.2) is 26.4 Å². The molecule has 0 aliphatic carbocycles. The van der Waals surface area contributed by atoms with Gasteiger partial charge in [-0.05, 0) is 82.8 Å². The third-order valence-electron chi connectivity index (χ3n) is 4.56. The molecule has 0 aliphatic rings.